The van der Waals surface area contributed by atoms with Crippen LogP contribution >= 0.6 is 0 Å². The minimum Gasteiger partial charge on any atom is -0.493 e. The van der Waals surface area contributed by atoms with Crippen LogP contribution in [0.3, 0.4) is 0 Å². The third-order valence-corrected chi connectivity index (χ3v) is 7.36. The van der Waals surface area contributed by atoms with Crippen molar-refractivity contribution < 1.29 is 9.47 Å². The molecule has 4 aromatic rings. The Labute approximate surface area is 230 Å². The maximum absolute atomic E-state index is 5.66. The van der Waals surface area contributed by atoms with Gasteiger partial charge in [-0.25, -0.2) is 0 Å². The van der Waals surface area contributed by atoms with Crippen LogP contribution in [0.4, 0.5) is 0 Å². The maximum Gasteiger partial charge on any atom is 0.178 e. The van der Waals surface area contributed by atoms with Gasteiger partial charge in [-0.2, -0.15) is 4.68 Å². The second-order valence-electron chi connectivity index (χ2n) is 9.86. The zero-order valence-electron chi connectivity index (χ0n) is 23.1. The van der Waals surface area contributed by atoms with Gasteiger partial charge in [0.2, 0.25) is 0 Å². The lowest BCUT2D eigenvalue weighted by Crippen LogP contribution is -2.48. The molecule has 1 atom stereocenters. The summed E-state index contributed by atoms with van der Waals surface area (Å²) >= 11 is 0. The molecule has 8 heteroatoms. The molecule has 1 aliphatic heterocycles. The fourth-order valence-corrected chi connectivity index (χ4v) is 5.32. The molecule has 2 heterocycles. The van der Waals surface area contributed by atoms with E-state index in [0.29, 0.717) is 11.5 Å². The lowest BCUT2D eigenvalue weighted by Gasteiger charge is -2.38. The van der Waals surface area contributed by atoms with Crippen molar-refractivity contribution in [2.45, 2.75) is 19.9 Å². The van der Waals surface area contributed by atoms with Gasteiger partial charge < -0.3 is 9.47 Å². The van der Waals surface area contributed by atoms with E-state index in [0.717, 1.165) is 60.9 Å². The SMILES string of the molecule is COc1ccc([C@@H](c2nnnn2-c2c(C)cccc2C)N2CCN(CC=Cc3ccccc3)CC2)cc1OC. The Morgan fingerprint density at radius 2 is 1.56 bits per heavy atom. The van der Waals surface area contributed by atoms with E-state index < -0.39 is 0 Å². The molecule has 1 fully saturated rings. The molecule has 1 aromatic heterocycles. The lowest BCUT2D eigenvalue weighted by atomic mass is 10.0. The molecule has 202 valence electrons. The first-order valence-electron chi connectivity index (χ1n) is 13.3. The van der Waals surface area contributed by atoms with Gasteiger partial charge in [-0.05, 0) is 58.7 Å². The van der Waals surface area contributed by atoms with Gasteiger partial charge in [0.05, 0.1) is 25.9 Å². The van der Waals surface area contributed by atoms with Gasteiger partial charge in [-0.15, -0.1) is 5.10 Å². The van der Waals surface area contributed by atoms with Crippen molar-refractivity contribution >= 4 is 6.08 Å². The van der Waals surface area contributed by atoms with Gasteiger partial charge >= 0.3 is 0 Å². The number of rotatable bonds is 9. The number of aryl methyl sites for hydroxylation is 2. The van der Waals surface area contributed by atoms with E-state index in [-0.39, 0.29) is 6.04 Å². The smallest absolute Gasteiger partial charge is 0.178 e. The highest BCUT2D eigenvalue weighted by Crippen LogP contribution is 2.36. The number of hydrogen-bond donors (Lipinski definition) is 0. The first-order chi connectivity index (χ1) is 19.1. The summed E-state index contributed by atoms with van der Waals surface area (Å²) in [6.07, 6.45) is 4.44. The fourth-order valence-electron chi connectivity index (χ4n) is 5.32. The highest BCUT2D eigenvalue weighted by molar-refractivity contribution is 5.50. The number of piperazine rings is 1. The summed E-state index contributed by atoms with van der Waals surface area (Å²) < 4.78 is 13.1. The third-order valence-electron chi connectivity index (χ3n) is 7.36. The van der Waals surface area contributed by atoms with E-state index in [4.69, 9.17) is 9.47 Å². The van der Waals surface area contributed by atoms with Gasteiger partial charge in [0.25, 0.3) is 0 Å². The van der Waals surface area contributed by atoms with Crippen molar-refractivity contribution in [2.24, 2.45) is 0 Å². The molecule has 5 rings (SSSR count). The summed E-state index contributed by atoms with van der Waals surface area (Å²) in [7, 11) is 3.32. The number of methoxy groups -OCH3 is 2. The first-order valence-corrected chi connectivity index (χ1v) is 13.3. The van der Waals surface area contributed by atoms with E-state index in [1.54, 1.807) is 14.2 Å². The molecule has 0 amide bonds. The van der Waals surface area contributed by atoms with Crippen LogP contribution in [-0.4, -0.2) is 77.0 Å². The summed E-state index contributed by atoms with van der Waals surface area (Å²) in [5.74, 6) is 2.18. The summed E-state index contributed by atoms with van der Waals surface area (Å²) in [4.78, 5) is 4.95. The monoisotopic (exact) mass is 524 g/mol. The van der Waals surface area contributed by atoms with Gasteiger partial charge in [0.15, 0.2) is 17.3 Å². The van der Waals surface area contributed by atoms with Crippen molar-refractivity contribution in [3.63, 3.8) is 0 Å². The minimum absolute atomic E-state index is 0.152. The second kappa shape index (κ2) is 12.2. The van der Waals surface area contributed by atoms with Crippen molar-refractivity contribution in [1.82, 2.24) is 30.0 Å². The summed E-state index contributed by atoms with van der Waals surface area (Å²) in [6.45, 7) is 8.79. The van der Waals surface area contributed by atoms with Crippen molar-refractivity contribution in [3.05, 3.63) is 101 Å². The number of aromatic nitrogens is 4. The van der Waals surface area contributed by atoms with E-state index in [1.807, 2.05) is 22.9 Å². The molecular weight excluding hydrogens is 488 g/mol. The van der Waals surface area contributed by atoms with Crippen LogP contribution in [0.15, 0.2) is 72.8 Å². The lowest BCUT2D eigenvalue weighted by molar-refractivity contribution is 0.113. The number of ether oxygens (including phenoxy) is 2. The molecule has 3 aromatic carbocycles. The topological polar surface area (TPSA) is 68.5 Å². The zero-order chi connectivity index (χ0) is 27.2. The number of nitrogens with zero attached hydrogens (tertiary/aromatic N) is 6. The van der Waals surface area contributed by atoms with E-state index >= 15 is 0 Å². The molecule has 0 saturated carbocycles. The fraction of sp³-hybridized carbons (Fsp3) is 0.323. The van der Waals surface area contributed by atoms with Gasteiger partial charge in [-0.3, -0.25) is 9.80 Å². The van der Waals surface area contributed by atoms with Gasteiger partial charge in [0.1, 0.15) is 0 Å². The Morgan fingerprint density at radius 1 is 0.846 bits per heavy atom. The van der Waals surface area contributed by atoms with E-state index in [1.165, 1.54) is 5.56 Å². The molecule has 8 nitrogen and oxygen atoms in total. The molecule has 0 aliphatic carbocycles. The normalized spacial score (nSPS) is 15.5. The standard InChI is InChI=1S/C31H36N6O2/c1-23-10-8-11-24(2)29(23)37-31(32-33-34-37)30(26-15-16-27(38-3)28(22-26)39-4)36-20-18-35(19-21-36)17-9-14-25-12-6-5-7-13-25/h5-16,22,30H,17-21H2,1-4H3/t30-/m0/s1. The average Bonchev–Trinajstić information content (AvgIpc) is 3.43. The highest BCUT2D eigenvalue weighted by atomic mass is 16.5. The molecule has 0 N–H and O–H groups in total. The van der Waals surface area contributed by atoms with Crippen LogP contribution in [0.25, 0.3) is 11.8 Å². The number of benzene rings is 3. The summed E-state index contributed by atoms with van der Waals surface area (Å²) in [5.41, 5.74) is 5.57. The molecule has 0 bridgehead atoms. The highest BCUT2D eigenvalue weighted by Gasteiger charge is 2.32. The Kier molecular flexibility index (Phi) is 8.34. The molecule has 0 unspecified atom stereocenters. The molecule has 1 aliphatic rings. The number of tetrazole rings is 1. The Balaban J connectivity index is 1.44. The van der Waals surface area contributed by atoms with Crippen LogP contribution in [-0.2, 0) is 0 Å². The van der Waals surface area contributed by atoms with Crippen LogP contribution < -0.4 is 9.47 Å². The first kappa shape index (κ1) is 26.6. The largest absolute Gasteiger partial charge is 0.493 e. The Hall–Kier alpha value is -4.01. The van der Waals surface area contributed by atoms with Crippen LogP contribution in [0.1, 0.15) is 34.1 Å². The predicted octanol–water partition coefficient (Wildman–Crippen LogP) is 4.72. The molecule has 0 spiro atoms. The summed E-state index contributed by atoms with van der Waals surface area (Å²) in [6, 6.07) is 22.6. The van der Waals surface area contributed by atoms with Gasteiger partial charge in [0, 0.05) is 32.7 Å². The zero-order valence-corrected chi connectivity index (χ0v) is 23.1. The second-order valence-corrected chi connectivity index (χ2v) is 9.86. The quantitative estimate of drug-likeness (QED) is 0.314. The van der Waals surface area contributed by atoms with E-state index in [2.05, 4.69) is 99.9 Å². The summed E-state index contributed by atoms with van der Waals surface area (Å²) in [5, 5.41) is 13.2. The molecule has 39 heavy (non-hydrogen) atoms. The predicted molar refractivity (Wildman–Crippen MR) is 154 cm³/mol. The Bertz CT molecular complexity index is 1390. The van der Waals surface area contributed by atoms with Gasteiger partial charge in [-0.1, -0.05) is 66.7 Å². The van der Waals surface area contributed by atoms with Crippen LogP contribution in [0.5, 0.6) is 11.5 Å². The molecule has 0 radical (unpaired) electrons. The van der Waals surface area contributed by atoms with Crippen molar-refractivity contribution in [1.29, 1.82) is 0 Å². The number of hydrogen-bond acceptors (Lipinski definition) is 7. The molecule has 1 saturated heterocycles. The third kappa shape index (κ3) is 5.87. The molecular formula is C31H36N6O2. The van der Waals surface area contributed by atoms with Crippen LogP contribution in [0.2, 0.25) is 0 Å². The maximum atomic E-state index is 5.66. The van der Waals surface area contributed by atoms with Crippen molar-refractivity contribution in [2.75, 3.05) is 46.9 Å². The van der Waals surface area contributed by atoms with E-state index in [9.17, 15) is 0 Å². The number of para-hydroxylation sites is 1. The minimum atomic E-state index is -0.152. The Morgan fingerprint density at radius 3 is 2.26 bits per heavy atom. The van der Waals surface area contributed by atoms with Crippen molar-refractivity contribution in [3.8, 4) is 17.2 Å². The average molecular weight is 525 g/mol. The van der Waals surface area contributed by atoms with Crippen LogP contribution in [0, 0.1) is 13.8 Å².